The summed E-state index contributed by atoms with van der Waals surface area (Å²) in [7, 11) is 0. The molecule has 0 aromatic heterocycles. The molecule has 24 heavy (non-hydrogen) atoms. The number of hydrogen-bond donors (Lipinski definition) is 0. The van der Waals surface area contributed by atoms with Crippen LogP contribution in [0.5, 0.6) is 0 Å². The molecular weight excluding hydrogens is 304 g/mol. The minimum atomic E-state index is 0.285. The number of ketones is 1. The third kappa shape index (κ3) is 6.79. The number of Topliss-reactive ketones (excluding diaryl/α,β-unsaturated/α-hetero) is 1. The number of nitrogens with zero attached hydrogens (tertiary/aromatic N) is 2. The predicted molar refractivity (Wildman–Crippen MR) is 96.3 cm³/mol. The van der Waals surface area contributed by atoms with Crippen molar-refractivity contribution < 1.29 is 14.3 Å². The van der Waals surface area contributed by atoms with Crippen molar-refractivity contribution in [2.75, 3.05) is 52.5 Å². The summed E-state index contributed by atoms with van der Waals surface area (Å²) in [6, 6.07) is 0.717. The summed E-state index contributed by atoms with van der Waals surface area (Å²) >= 11 is 0. The van der Waals surface area contributed by atoms with E-state index in [1.807, 2.05) is 13.8 Å². The molecule has 2 heterocycles. The Bertz CT molecular complexity index is 360. The summed E-state index contributed by atoms with van der Waals surface area (Å²) < 4.78 is 11.1. The molecule has 5 heteroatoms. The molecule has 140 valence electrons. The van der Waals surface area contributed by atoms with Gasteiger partial charge in [-0.25, -0.2) is 0 Å². The molecule has 0 radical (unpaired) electrons. The van der Waals surface area contributed by atoms with Crippen molar-refractivity contribution in [3.05, 3.63) is 0 Å². The molecule has 0 aromatic rings. The van der Waals surface area contributed by atoms with Crippen LogP contribution >= 0.6 is 0 Å². The molecule has 0 saturated carbocycles. The second kappa shape index (κ2) is 10.5. The van der Waals surface area contributed by atoms with E-state index >= 15 is 0 Å². The quantitative estimate of drug-likeness (QED) is 0.602. The first-order chi connectivity index (χ1) is 11.6. The third-order valence-electron chi connectivity index (χ3n) is 5.41. The molecule has 2 aliphatic rings. The second-order valence-corrected chi connectivity index (χ2v) is 7.53. The van der Waals surface area contributed by atoms with E-state index < -0.39 is 0 Å². The molecule has 0 bridgehead atoms. The fourth-order valence-corrected chi connectivity index (χ4v) is 3.82. The molecule has 2 fully saturated rings. The molecule has 0 unspecified atom stereocenters. The lowest BCUT2D eigenvalue weighted by atomic mass is 9.91. The van der Waals surface area contributed by atoms with Gasteiger partial charge in [-0.15, -0.1) is 0 Å². The van der Waals surface area contributed by atoms with E-state index in [9.17, 15) is 4.79 Å². The average Bonchev–Trinajstić information content (AvgIpc) is 2.58. The summed E-state index contributed by atoms with van der Waals surface area (Å²) in [5.74, 6) is 0.696. The highest BCUT2D eigenvalue weighted by molar-refractivity contribution is 5.78. The van der Waals surface area contributed by atoms with Gasteiger partial charge in [-0.2, -0.15) is 0 Å². The van der Waals surface area contributed by atoms with Crippen LogP contribution < -0.4 is 0 Å². The van der Waals surface area contributed by atoms with Crippen LogP contribution in [0.15, 0.2) is 0 Å². The maximum Gasteiger partial charge on any atom is 0.133 e. The van der Waals surface area contributed by atoms with Crippen molar-refractivity contribution in [3.8, 4) is 0 Å². The maximum atomic E-state index is 11.5. The van der Waals surface area contributed by atoms with Crippen LogP contribution in [0.25, 0.3) is 0 Å². The first kappa shape index (κ1) is 19.8. The average molecular weight is 341 g/mol. The van der Waals surface area contributed by atoms with Gasteiger partial charge in [0.1, 0.15) is 5.78 Å². The van der Waals surface area contributed by atoms with Gasteiger partial charge in [-0.3, -0.25) is 4.79 Å². The van der Waals surface area contributed by atoms with Crippen molar-refractivity contribution >= 4 is 5.78 Å². The number of carbonyl (C=O) groups excluding carboxylic acids is 1. The maximum absolute atomic E-state index is 11.5. The molecule has 0 aliphatic carbocycles. The fourth-order valence-electron chi connectivity index (χ4n) is 3.82. The lowest BCUT2D eigenvalue weighted by Gasteiger charge is -2.41. The van der Waals surface area contributed by atoms with E-state index in [0.29, 0.717) is 24.9 Å². The highest BCUT2D eigenvalue weighted by Gasteiger charge is 2.29. The van der Waals surface area contributed by atoms with Gasteiger partial charge in [0.05, 0.1) is 25.9 Å². The monoisotopic (exact) mass is 340 g/mol. The van der Waals surface area contributed by atoms with E-state index in [1.165, 1.54) is 25.9 Å². The molecular formula is C19H36N2O3. The molecule has 2 rings (SSSR count). The van der Waals surface area contributed by atoms with Gasteiger partial charge in [-0.1, -0.05) is 0 Å². The number of piperidine rings is 2. The number of likely N-dealkylation sites (tertiary alicyclic amines) is 2. The third-order valence-corrected chi connectivity index (χ3v) is 5.41. The number of rotatable bonds is 9. The summed E-state index contributed by atoms with van der Waals surface area (Å²) in [6.45, 7) is 13.6. The molecule has 2 aliphatic heterocycles. The first-order valence-corrected chi connectivity index (χ1v) is 9.72. The Balaban J connectivity index is 1.53. The van der Waals surface area contributed by atoms with Crippen molar-refractivity contribution in [2.45, 2.75) is 58.6 Å². The van der Waals surface area contributed by atoms with Gasteiger partial charge < -0.3 is 19.3 Å². The van der Waals surface area contributed by atoms with Crippen molar-refractivity contribution in [2.24, 2.45) is 5.92 Å². The standard InChI is InChI=1S/C19H36N2O3/c1-16(2)24-15-14-23-13-12-20-8-6-19(7-9-20)21-10-4-18(5-11-21)17(3)22/h16,18-19H,4-15H2,1-3H3. The van der Waals surface area contributed by atoms with Crippen LogP contribution in [0, 0.1) is 5.92 Å². The molecule has 0 aromatic carbocycles. The predicted octanol–water partition coefficient (Wildman–Crippen LogP) is 2.19. The Morgan fingerprint density at radius 1 is 1.00 bits per heavy atom. The number of hydrogen-bond acceptors (Lipinski definition) is 5. The molecule has 2 saturated heterocycles. The Hall–Kier alpha value is -0.490. The van der Waals surface area contributed by atoms with Gasteiger partial charge >= 0.3 is 0 Å². The van der Waals surface area contributed by atoms with Crippen LogP contribution in [0.4, 0.5) is 0 Å². The van der Waals surface area contributed by atoms with Gasteiger partial charge in [0.15, 0.2) is 0 Å². The van der Waals surface area contributed by atoms with Crippen molar-refractivity contribution in [3.63, 3.8) is 0 Å². The van der Waals surface area contributed by atoms with Crippen LogP contribution in [0.3, 0.4) is 0 Å². The Kier molecular flexibility index (Phi) is 8.67. The van der Waals surface area contributed by atoms with E-state index in [2.05, 4.69) is 9.80 Å². The van der Waals surface area contributed by atoms with E-state index in [1.54, 1.807) is 6.92 Å². The lowest BCUT2D eigenvalue weighted by molar-refractivity contribution is -0.122. The van der Waals surface area contributed by atoms with E-state index in [0.717, 1.165) is 45.1 Å². The Morgan fingerprint density at radius 3 is 2.25 bits per heavy atom. The summed E-state index contributed by atoms with van der Waals surface area (Å²) in [4.78, 5) is 16.6. The first-order valence-electron chi connectivity index (χ1n) is 9.72. The highest BCUT2D eigenvalue weighted by atomic mass is 16.5. The molecule has 0 atom stereocenters. The summed E-state index contributed by atoms with van der Waals surface area (Å²) in [5.41, 5.74) is 0. The van der Waals surface area contributed by atoms with Gasteiger partial charge in [0.25, 0.3) is 0 Å². The van der Waals surface area contributed by atoms with Crippen LogP contribution in [-0.4, -0.2) is 80.3 Å². The lowest BCUT2D eigenvalue weighted by Crippen LogP contribution is -2.48. The van der Waals surface area contributed by atoms with Crippen molar-refractivity contribution in [1.29, 1.82) is 0 Å². The Labute approximate surface area is 147 Å². The van der Waals surface area contributed by atoms with E-state index in [4.69, 9.17) is 9.47 Å². The second-order valence-electron chi connectivity index (χ2n) is 7.53. The smallest absolute Gasteiger partial charge is 0.133 e. The molecule has 0 N–H and O–H groups in total. The van der Waals surface area contributed by atoms with Crippen LogP contribution in [0.1, 0.15) is 46.5 Å². The van der Waals surface area contributed by atoms with Crippen LogP contribution in [-0.2, 0) is 14.3 Å². The minimum absolute atomic E-state index is 0.285. The van der Waals surface area contributed by atoms with E-state index in [-0.39, 0.29) is 6.10 Å². The zero-order chi connectivity index (χ0) is 17.4. The SMILES string of the molecule is CC(=O)C1CCN(C2CCN(CCOCCOC(C)C)CC2)CC1. The minimum Gasteiger partial charge on any atom is -0.378 e. The zero-order valence-corrected chi connectivity index (χ0v) is 15.8. The van der Waals surface area contributed by atoms with Crippen molar-refractivity contribution in [1.82, 2.24) is 9.80 Å². The van der Waals surface area contributed by atoms with Gasteiger partial charge in [0.2, 0.25) is 0 Å². The van der Waals surface area contributed by atoms with Gasteiger partial charge in [-0.05, 0) is 72.6 Å². The number of ether oxygens (including phenoxy) is 2. The topological polar surface area (TPSA) is 42.0 Å². The molecule has 0 spiro atoms. The zero-order valence-electron chi connectivity index (χ0n) is 15.8. The Morgan fingerprint density at radius 2 is 1.67 bits per heavy atom. The highest BCUT2D eigenvalue weighted by Crippen LogP contribution is 2.24. The molecule has 0 amide bonds. The van der Waals surface area contributed by atoms with Gasteiger partial charge in [0, 0.05) is 18.5 Å². The molecule has 5 nitrogen and oxygen atoms in total. The number of carbonyl (C=O) groups is 1. The van der Waals surface area contributed by atoms with Crippen LogP contribution in [0.2, 0.25) is 0 Å². The summed E-state index contributed by atoms with van der Waals surface area (Å²) in [5, 5.41) is 0. The summed E-state index contributed by atoms with van der Waals surface area (Å²) in [6.07, 6.45) is 4.90. The fraction of sp³-hybridized carbons (Fsp3) is 0.947. The normalized spacial score (nSPS) is 22.3. The largest absolute Gasteiger partial charge is 0.378 e.